The van der Waals surface area contributed by atoms with Gasteiger partial charge in [0.25, 0.3) is 0 Å². The van der Waals surface area contributed by atoms with Crippen molar-refractivity contribution in [1.82, 2.24) is 4.90 Å². The topological polar surface area (TPSA) is 45.1 Å². The summed E-state index contributed by atoms with van der Waals surface area (Å²) in [4.78, 5) is 22.4. The number of alkyl halides is 3. The quantitative estimate of drug-likeness (QED) is 0.579. The molecule has 1 unspecified atom stereocenters. The maximum absolute atomic E-state index is 13.0. The molecule has 0 spiro atoms. The fourth-order valence-electron chi connectivity index (χ4n) is 4.06. The van der Waals surface area contributed by atoms with Gasteiger partial charge in [-0.25, -0.2) is 0 Å². The summed E-state index contributed by atoms with van der Waals surface area (Å²) >= 11 is 0. The van der Waals surface area contributed by atoms with E-state index in [0.717, 1.165) is 48.4 Å². The minimum absolute atomic E-state index is 0.0141. The summed E-state index contributed by atoms with van der Waals surface area (Å²) in [5.74, 6) is 0.0216. The van der Waals surface area contributed by atoms with Gasteiger partial charge >= 0.3 is 6.18 Å². The molecular formula is C25H28F3N3O2. The highest BCUT2D eigenvalue weighted by Crippen LogP contribution is 2.31. The molecule has 0 bridgehead atoms. The fraction of sp³-hybridized carbons (Fsp3) is 0.440. The molecule has 8 heteroatoms. The number of nitrogens with zero attached hydrogens (tertiary/aromatic N) is 3. The predicted octanol–water partition coefficient (Wildman–Crippen LogP) is 5.09. The largest absolute Gasteiger partial charge is 0.416 e. The van der Waals surface area contributed by atoms with E-state index >= 15 is 0 Å². The zero-order valence-corrected chi connectivity index (χ0v) is 18.8. The lowest BCUT2D eigenvalue weighted by molar-refractivity contribution is -0.141. The van der Waals surface area contributed by atoms with Gasteiger partial charge in [0.1, 0.15) is 0 Å². The van der Waals surface area contributed by atoms with Crippen molar-refractivity contribution >= 4 is 17.3 Å². The Balaban J connectivity index is 1.42. The number of oxime groups is 1. The fourth-order valence-corrected chi connectivity index (χ4v) is 4.06. The minimum atomic E-state index is -4.38. The van der Waals surface area contributed by atoms with Crippen molar-refractivity contribution in [3.63, 3.8) is 0 Å². The van der Waals surface area contributed by atoms with E-state index < -0.39 is 11.7 Å². The average Bonchev–Trinajstić information content (AvgIpc) is 3.20. The van der Waals surface area contributed by atoms with Gasteiger partial charge in [0.05, 0.1) is 17.8 Å². The first-order chi connectivity index (χ1) is 15.7. The number of rotatable bonds is 7. The van der Waals surface area contributed by atoms with Crippen LogP contribution in [0.25, 0.3) is 0 Å². The van der Waals surface area contributed by atoms with Gasteiger partial charge < -0.3 is 14.6 Å². The number of anilines is 1. The van der Waals surface area contributed by atoms with Gasteiger partial charge in [0.15, 0.2) is 6.10 Å². The average molecular weight is 460 g/mol. The second-order valence-corrected chi connectivity index (χ2v) is 8.95. The van der Waals surface area contributed by atoms with Crippen molar-refractivity contribution < 1.29 is 22.8 Å². The standard InChI is InChI=1S/C25H28F3N3O2/c1-30(2)21-12-8-18(9-13-21)23-14-22(33-29-23)16-31(24(32)19-4-3-5-19)15-17-6-10-20(11-7-17)25(26,27)28/h6-13,19,22H,3-5,14-16H2,1-2H3. The second-order valence-electron chi connectivity index (χ2n) is 8.95. The SMILES string of the molecule is CN(C)c1ccc(C2=NOC(CN(Cc3ccc(C(F)(F)F)cc3)C(=O)C3CCC3)C2)cc1. The first-order valence-electron chi connectivity index (χ1n) is 11.2. The first-order valence-corrected chi connectivity index (χ1v) is 11.2. The molecule has 1 aliphatic heterocycles. The lowest BCUT2D eigenvalue weighted by Crippen LogP contribution is -2.42. The van der Waals surface area contributed by atoms with Gasteiger partial charge in [-0.2, -0.15) is 13.2 Å². The summed E-state index contributed by atoms with van der Waals surface area (Å²) in [5, 5.41) is 4.24. The van der Waals surface area contributed by atoms with Gasteiger partial charge in [-0.15, -0.1) is 0 Å². The lowest BCUT2D eigenvalue weighted by atomic mass is 9.84. The Labute approximate surface area is 191 Å². The maximum Gasteiger partial charge on any atom is 0.416 e. The monoisotopic (exact) mass is 459 g/mol. The highest BCUT2D eigenvalue weighted by atomic mass is 19.4. The molecule has 5 nitrogen and oxygen atoms in total. The van der Waals surface area contributed by atoms with Crippen LogP contribution in [0, 0.1) is 5.92 Å². The molecule has 176 valence electrons. The number of amides is 1. The molecule has 0 N–H and O–H groups in total. The Bertz CT molecular complexity index is 997. The Morgan fingerprint density at radius 2 is 1.73 bits per heavy atom. The zero-order valence-electron chi connectivity index (χ0n) is 18.8. The second kappa shape index (κ2) is 9.45. The van der Waals surface area contributed by atoms with Crippen molar-refractivity contribution in [3.05, 3.63) is 65.2 Å². The molecule has 1 aliphatic carbocycles. The Morgan fingerprint density at radius 1 is 1.06 bits per heavy atom. The summed E-state index contributed by atoms with van der Waals surface area (Å²) in [6.07, 6.45) is -1.35. The maximum atomic E-state index is 13.0. The molecule has 2 aliphatic rings. The third kappa shape index (κ3) is 5.49. The van der Waals surface area contributed by atoms with Gasteiger partial charge in [0, 0.05) is 38.7 Å². The molecule has 0 saturated heterocycles. The van der Waals surface area contributed by atoms with E-state index in [1.54, 1.807) is 4.90 Å². The van der Waals surface area contributed by atoms with Crippen molar-refractivity contribution in [2.24, 2.45) is 11.1 Å². The number of benzene rings is 2. The molecule has 2 aromatic rings. The zero-order chi connectivity index (χ0) is 23.6. The van der Waals surface area contributed by atoms with Crippen molar-refractivity contribution in [3.8, 4) is 0 Å². The molecular weight excluding hydrogens is 431 g/mol. The van der Waals surface area contributed by atoms with Crippen LogP contribution in [0.15, 0.2) is 53.7 Å². The number of halogens is 3. The van der Waals surface area contributed by atoms with Crippen LogP contribution >= 0.6 is 0 Å². The van der Waals surface area contributed by atoms with Crippen LogP contribution in [0.2, 0.25) is 0 Å². The van der Waals surface area contributed by atoms with E-state index in [4.69, 9.17) is 4.84 Å². The molecule has 1 heterocycles. The lowest BCUT2D eigenvalue weighted by Gasteiger charge is -2.32. The molecule has 2 aromatic carbocycles. The molecule has 0 radical (unpaired) electrons. The molecule has 0 aromatic heterocycles. The Hall–Kier alpha value is -3.03. The van der Waals surface area contributed by atoms with Crippen LogP contribution < -0.4 is 4.90 Å². The smallest absolute Gasteiger partial charge is 0.390 e. The van der Waals surface area contributed by atoms with E-state index in [1.807, 2.05) is 43.3 Å². The number of carbonyl (C=O) groups excluding carboxylic acids is 1. The molecule has 4 rings (SSSR count). The van der Waals surface area contributed by atoms with E-state index in [-0.39, 0.29) is 24.5 Å². The van der Waals surface area contributed by atoms with Crippen LogP contribution in [0.4, 0.5) is 18.9 Å². The third-order valence-electron chi connectivity index (χ3n) is 6.29. The molecule has 1 saturated carbocycles. The highest BCUT2D eigenvalue weighted by Gasteiger charge is 2.33. The molecule has 1 amide bonds. The summed E-state index contributed by atoms with van der Waals surface area (Å²) in [5.41, 5.74) is 2.86. The third-order valence-corrected chi connectivity index (χ3v) is 6.29. The normalized spacial score (nSPS) is 18.3. The van der Waals surface area contributed by atoms with Gasteiger partial charge in [-0.05, 0) is 48.2 Å². The van der Waals surface area contributed by atoms with Crippen LogP contribution in [-0.4, -0.2) is 43.3 Å². The molecule has 1 fully saturated rings. The van der Waals surface area contributed by atoms with Gasteiger partial charge in [-0.1, -0.05) is 35.8 Å². The number of hydrogen-bond donors (Lipinski definition) is 0. The summed E-state index contributed by atoms with van der Waals surface area (Å²) in [6, 6.07) is 13.0. The number of hydrogen-bond acceptors (Lipinski definition) is 4. The highest BCUT2D eigenvalue weighted by molar-refractivity contribution is 6.01. The first kappa shape index (κ1) is 23.1. The van der Waals surface area contributed by atoms with Gasteiger partial charge in [-0.3, -0.25) is 4.79 Å². The van der Waals surface area contributed by atoms with E-state index in [0.29, 0.717) is 18.5 Å². The van der Waals surface area contributed by atoms with Crippen molar-refractivity contribution in [2.75, 3.05) is 25.5 Å². The van der Waals surface area contributed by atoms with Crippen LogP contribution in [0.5, 0.6) is 0 Å². The van der Waals surface area contributed by atoms with Crippen LogP contribution in [0.3, 0.4) is 0 Å². The van der Waals surface area contributed by atoms with Gasteiger partial charge in [0.2, 0.25) is 5.91 Å². The predicted molar refractivity (Wildman–Crippen MR) is 121 cm³/mol. The van der Waals surface area contributed by atoms with Crippen LogP contribution in [0.1, 0.15) is 42.4 Å². The van der Waals surface area contributed by atoms with E-state index in [2.05, 4.69) is 5.16 Å². The van der Waals surface area contributed by atoms with E-state index in [1.165, 1.54) is 12.1 Å². The summed E-state index contributed by atoms with van der Waals surface area (Å²) in [6.45, 7) is 0.597. The molecule has 33 heavy (non-hydrogen) atoms. The van der Waals surface area contributed by atoms with Crippen molar-refractivity contribution in [2.45, 2.75) is 44.5 Å². The van der Waals surface area contributed by atoms with Crippen LogP contribution in [-0.2, 0) is 22.4 Å². The number of carbonyl (C=O) groups is 1. The Kier molecular flexibility index (Phi) is 6.63. The van der Waals surface area contributed by atoms with E-state index in [9.17, 15) is 18.0 Å². The summed E-state index contributed by atoms with van der Waals surface area (Å²) in [7, 11) is 3.96. The molecule has 1 atom stereocenters. The minimum Gasteiger partial charge on any atom is -0.390 e. The summed E-state index contributed by atoms with van der Waals surface area (Å²) < 4.78 is 38.6. The Morgan fingerprint density at radius 3 is 2.27 bits per heavy atom. The van der Waals surface area contributed by atoms with Crippen molar-refractivity contribution in [1.29, 1.82) is 0 Å².